The molecule has 1 heterocycles. The molecule has 0 saturated carbocycles. The van der Waals surface area contributed by atoms with Crippen molar-refractivity contribution >= 4 is 33.2 Å². The van der Waals surface area contributed by atoms with Gasteiger partial charge in [-0.25, -0.2) is 17.6 Å². The first-order chi connectivity index (χ1) is 8.87. The molecule has 0 radical (unpaired) electrons. The summed E-state index contributed by atoms with van der Waals surface area (Å²) < 4.78 is 35.4. The summed E-state index contributed by atoms with van der Waals surface area (Å²) in [4.78, 5) is 13.3. The fourth-order valence-corrected chi connectivity index (χ4v) is 3.07. The summed E-state index contributed by atoms with van der Waals surface area (Å²) >= 11 is 5.60. The zero-order valence-electron chi connectivity index (χ0n) is 9.90. The molecule has 0 spiro atoms. The molecule has 104 valence electrons. The average Bonchev–Trinajstić information content (AvgIpc) is 2.33. The van der Waals surface area contributed by atoms with Gasteiger partial charge in [0, 0.05) is 18.8 Å². The molecule has 0 atom stereocenters. The second kappa shape index (κ2) is 5.34. The smallest absolute Gasteiger partial charge is 0.321 e. The SMILES string of the molecule is O=C(Nc1ccc(F)c(Cl)c1)N1CCS(=O)(=O)CC1. The van der Waals surface area contributed by atoms with Crippen molar-refractivity contribution in [3.8, 4) is 0 Å². The highest BCUT2D eigenvalue weighted by atomic mass is 35.5. The monoisotopic (exact) mass is 306 g/mol. The molecular weight excluding hydrogens is 295 g/mol. The fourth-order valence-electron chi connectivity index (χ4n) is 1.69. The van der Waals surface area contributed by atoms with Crippen molar-refractivity contribution < 1.29 is 17.6 Å². The van der Waals surface area contributed by atoms with Gasteiger partial charge in [0.05, 0.1) is 16.5 Å². The highest BCUT2D eigenvalue weighted by molar-refractivity contribution is 7.91. The predicted molar refractivity (Wildman–Crippen MR) is 70.7 cm³/mol. The zero-order valence-corrected chi connectivity index (χ0v) is 11.5. The van der Waals surface area contributed by atoms with Gasteiger partial charge in [0.2, 0.25) is 0 Å². The number of benzene rings is 1. The number of rotatable bonds is 1. The summed E-state index contributed by atoms with van der Waals surface area (Å²) in [6, 6.07) is 3.42. The largest absolute Gasteiger partial charge is 0.322 e. The van der Waals surface area contributed by atoms with Crippen LogP contribution in [0.5, 0.6) is 0 Å². The summed E-state index contributed by atoms with van der Waals surface area (Å²) in [6.45, 7) is 0.312. The maximum Gasteiger partial charge on any atom is 0.321 e. The number of nitrogens with zero attached hydrogens (tertiary/aromatic N) is 1. The van der Waals surface area contributed by atoms with Crippen LogP contribution in [0, 0.1) is 5.82 Å². The number of amides is 2. The summed E-state index contributed by atoms with van der Waals surface area (Å²) in [7, 11) is -3.03. The van der Waals surface area contributed by atoms with E-state index in [9.17, 15) is 17.6 Å². The van der Waals surface area contributed by atoms with Gasteiger partial charge in [-0.3, -0.25) is 0 Å². The lowest BCUT2D eigenvalue weighted by atomic mass is 10.3. The van der Waals surface area contributed by atoms with Crippen LogP contribution < -0.4 is 5.32 Å². The number of urea groups is 1. The molecule has 1 fully saturated rings. The van der Waals surface area contributed by atoms with Crippen LogP contribution in [-0.2, 0) is 9.84 Å². The first-order valence-electron chi connectivity index (χ1n) is 5.59. The van der Waals surface area contributed by atoms with E-state index < -0.39 is 21.7 Å². The quantitative estimate of drug-likeness (QED) is 0.859. The summed E-state index contributed by atoms with van der Waals surface area (Å²) in [5.74, 6) is -0.640. The van der Waals surface area contributed by atoms with E-state index in [1.165, 1.54) is 17.0 Å². The molecule has 1 aliphatic heterocycles. The molecule has 0 unspecified atom stereocenters. The van der Waals surface area contributed by atoms with Crippen molar-refractivity contribution in [2.24, 2.45) is 0 Å². The van der Waals surface area contributed by atoms with E-state index in [1.54, 1.807) is 0 Å². The van der Waals surface area contributed by atoms with E-state index in [0.717, 1.165) is 6.07 Å². The van der Waals surface area contributed by atoms with Crippen LogP contribution in [0.15, 0.2) is 18.2 Å². The summed E-state index contributed by atoms with van der Waals surface area (Å²) in [5.41, 5.74) is 0.366. The van der Waals surface area contributed by atoms with Gasteiger partial charge in [-0.1, -0.05) is 11.6 Å². The molecule has 1 aliphatic rings. The van der Waals surface area contributed by atoms with E-state index in [2.05, 4.69) is 5.32 Å². The van der Waals surface area contributed by atoms with Crippen molar-refractivity contribution in [1.82, 2.24) is 4.90 Å². The lowest BCUT2D eigenvalue weighted by molar-refractivity contribution is 0.216. The molecule has 2 rings (SSSR count). The van der Waals surface area contributed by atoms with Gasteiger partial charge in [0.15, 0.2) is 9.84 Å². The van der Waals surface area contributed by atoms with Crippen molar-refractivity contribution in [2.75, 3.05) is 29.9 Å². The van der Waals surface area contributed by atoms with Crippen molar-refractivity contribution in [1.29, 1.82) is 0 Å². The zero-order chi connectivity index (χ0) is 14.0. The minimum atomic E-state index is -3.03. The second-order valence-corrected chi connectivity index (χ2v) is 6.91. The minimum Gasteiger partial charge on any atom is -0.322 e. The Morgan fingerprint density at radius 2 is 1.95 bits per heavy atom. The van der Waals surface area contributed by atoms with Crippen LogP contribution >= 0.6 is 11.6 Å². The molecule has 1 aromatic carbocycles. The second-order valence-electron chi connectivity index (χ2n) is 4.20. The first kappa shape index (κ1) is 14.1. The molecular formula is C11H12ClFN2O3S. The Hall–Kier alpha value is -1.34. The van der Waals surface area contributed by atoms with Gasteiger partial charge in [-0.05, 0) is 18.2 Å². The molecule has 0 aromatic heterocycles. The predicted octanol–water partition coefficient (Wildman–Crippen LogP) is 1.74. The Balaban J connectivity index is 2.00. The maximum atomic E-state index is 13.0. The van der Waals surface area contributed by atoms with Gasteiger partial charge in [0.25, 0.3) is 0 Å². The number of hydrogen-bond donors (Lipinski definition) is 1. The van der Waals surface area contributed by atoms with Gasteiger partial charge in [-0.15, -0.1) is 0 Å². The Kier molecular flexibility index (Phi) is 3.96. The van der Waals surface area contributed by atoms with Crippen LogP contribution in [0.25, 0.3) is 0 Å². The molecule has 0 aliphatic carbocycles. The number of carbonyl (C=O) groups excluding carboxylic acids is 1. The number of carbonyl (C=O) groups is 1. The van der Waals surface area contributed by atoms with Gasteiger partial charge in [-0.2, -0.15) is 0 Å². The Labute approximate surface area is 115 Å². The Bertz CT molecular complexity index is 592. The normalized spacial score (nSPS) is 18.1. The number of sulfone groups is 1. The number of hydrogen-bond acceptors (Lipinski definition) is 3. The lowest BCUT2D eigenvalue weighted by Gasteiger charge is -2.26. The van der Waals surface area contributed by atoms with Gasteiger partial charge in [0.1, 0.15) is 5.82 Å². The van der Waals surface area contributed by atoms with Gasteiger partial charge >= 0.3 is 6.03 Å². The summed E-state index contributed by atoms with van der Waals surface area (Å²) in [6.07, 6.45) is 0. The molecule has 0 bridgehead atoms. The molecule has 1 aromatic rings. The number of halogens is 2. The number of anilines is 1. The first-order valence-corrected chi connectivity index (χ1v) is 7.79. The highest BCUT2D eigenvalue weighted by Crippen LogP contribution is 2.19. The molecule has 5 nitrogen and oxygen atoms in total. The van der Waals surface area contributed by atoms with Gasteiger partial charge < -0.3 is 10.2 Å². The van der Waals surface area contributed by atoms with Crippen LogP contribution in [-0.4, -0.2) is 43.9 Å². The fraction of sp³-hybridized carbons (Fsp3) is 0.364. The molecule has 1 N–H and O–H groups in total. The summed E-state index contributed by atoms with van der Waals surface area (Å²) in [5, 5.41) is 2.46. The van der Waals surface area contributed by atoms with E-state index in [1.807, 2.05) is 0 Å². The van der Waals surface area contributed by atoms with Crippen molar-refractivity contribution in [3.05, 3.63) is 29.0 Å². The van der Waals surface area contributed by atoms with E-state index in [4.69, 9.17) is 11.6 Å². The topological polar surface area (TPSA) is 66.5 Å². The third-order valence-electron chi connectivity index (χ3n) is 2.80. The van der Waals surface area contributed by atoms with E-state index >= 15 is 0 Å². The van der Waals surface area contributed by atoms with Crippen LogP contribution in [0.3, 0.4) is 0 Å². The standard InChI is InChI=1S/C11H12ClFN2O3S/c12-9-7-8(1-2-10(9)13)14-11(16)15-3-5-19(17,18)6-4-15/h1-2,7H,3-6H2,(H,14,16). The van der Waals surface area contributed by atoms with Crippen LogP contribution in [0.1, 0.15) is 0 Å². The minimum absolute atomic E-state index is 0.0371. The molecule has 1 saturated heterocycles. The number of nitrogens with one attached hydrogen (secondary N) is 1. The maximum absolute atomic E-state index is 13.0. The molecule has 8 heteroatoms. The molecule has 2 amide bonds. The van der Waals surface area contributed by atoms with Crippen LogP contribution in [0.4, 0.5) is 14.9 Å². The molecule has 19 heavy (non-hydrogen) atoms. The van der Waals surface area contributed by atoms with E-state index in [0.29, 0.717) is 5.69 Å². The Morgan fingerprint density at radius 1 is 1.32 bits per heavy atom. The van der Waals surface area contributed by atoms with Crippen molar-refractivity contribution in [2.45, 2.75) is 0 Å². The van der Waals surface area contributed by atoms with Crippen molar-refractivity contribution in [3.63, 3.8) is 0 Å². The van der Waals surface area contributed by atoms with Crippen LogP contribution in [0.2, 0.25) is 5.02 Å². The Morgan fingerprint density at radius 3 is 2.53 bits per heavy atom. The highest BCUT2D eigenvalue weighted by Gasteiger charge is 2.24. The average molecular weight is 307 g/mol. The third kappa shape index (κ3) is 3.57. The van der Waals surface area contributed by atoms with E-state index in [-0.39, 0.29) is 29.6 Å². The lowest BCUT2D eigenvalue weighted by Crippen LogP contribution is -2.45. The third-order valence-corrected chi connectivity index (χ3v) is 4.70.